The van der Waals surface area contributed by atoms with Gasteiger partial charge in [-0.05, 0) is 25.7 Å². The second kappa shape index (κ2) is 4.58. The van der Waals surface area contributed by atoms with E-state index in [1.165, 1.54) is 50.6 Å². The van der Waals surface area contributed by atoms with Crippen LogP contribution in [0.5, 0.6) is 0 Å². The Kier molecular flexibility index (Phi) is 2.96. The summed E-state index contributed by atoms with van der Waals surface area (Å²) in [6.07, 6.45) is 13.6. The van der Waals surface area contributed by atoms with Crippen molar-refractivity contribution in [3.63, 3.8) is 0 Å². The molecule has 0 atom stereocenters. The first kappa shape index (κ1) is 10.3. The van der Waals surface area contributed by atoms with Crippen LogP contribution in [0.2, 0.25) is 0 Å². The van der Waals surface area contributed by atoms with Gasteiger partial charge >= 0.3 is 0 Å². The lowest BCUT2D eigenvalue weighted by molar-refractivity contribution is 0.344. The second-order valence-electron chi connectivity index (χ2n) is 5.24. The molecule has 3 heteroatoms. The molecule has 3 nitrogen and oxygen atoms in total. The Bertz CT molecular complexity index is 335. The van der Waals surface area contributed by atoms with Crippen molar-refractivity contribution in [1.29, 1.82) is 0 Å². The van der Waals surface area contributed by atoms with Crippen molar-refractivity contribution in [1.82, 2.24) is 14.9 Å². The van der Waals surface area contributed by atoms with E-state index in [2.05, 4.69) is 14.9 Å². The SMILES string of the molecule is c1ncn(C2CCCCC2)c1CNC1CC1. The summed E-state index contributed by atoms with van der Waals surface area (Å²) in [6.45, 7) is 1.00. The predicted molar refractivity (Wildman–Crippen MR) is 64.2 cm³/mol. The van der Waals surface area contributed by atoms with Crippen molar-refractivity contribution in [2.24, 2.45) is 0 Å². The van der Waals surface area contributed by atoms with Gasteiger partial charge in [-0.1, -0.05) is 19.3 Å². The van der Waals surface area contributed by atoms with Crippen LogP contribution in [0.4, 0.5) is 0 Å². The van der Waals surface area contributed by atoms with Crippen molar-refractivity contribution in [3.05, 3.63) is 18.2 Å². The van der Waals surface area contributed by atoms with Crippen LogP contribution in [-0.4, -0.2) is 15.6 Å². The Morgan fingerprint density at radius 2 is 2.00 bits per heavy atom. The minimum Gasteiger partial charge on any atom is -0.330 e. The van der Waals surface area contributed by atoms with Crippen LogP contribution in [0.3, 0.4) is 0 Å². The average Bonchev–Trinajstić information content (AvgIpc) is 3.05. The second-order valence-corrected chi connectivity index (χ2v) is 5.24. The number of hydrogen-bond donors (Lipinski definition) is 1. The van der Waals surface area contributed by atoms with E-state index in [0.717, 1.165) is 12.6 Å². The fraction of sp³-hybridized carbons (Fsp3) is 0.769. The molecule has 2 aliphatic carbocycles. The normalized spacial score (nSPS) is 22.5. The molecule has 16 heavy (non-hydrogen) atoms. The molecule has 2 aliphatic rings. The highest BCUT2D eigenvalue weighted by molar-refractivity contribution is 5.02. The molecule has 3 rings (SSSR count). The molecule has 1 N–H and O–H groups in total. The first-order valence-corrected chi connectivity index (χ1v) is 6.67. The van der Waals surface area contributed by atoms with Crippen LogP contribution in [0.25, 0.3) is 0 Å². The minimum atomic E-state index is 0.715. The maximum atomic E-state index is 4.32. The molecule has 0 amide bonds. The lowest BCUT2D eigenvalue weighted by atomic mass is 9.95. The Balaban J connectivity index is 1.65. The molecule has 1 aromatic rings. The first-order valence-electron chi connectivity index (χ1n) is 6.67. The largest absolute Gasteiger partial charge is 0.330 e. The van der Waals surface area contributed by atoms with Gasteiger partial charge in [-0.3, -0.25) is 0 Å². The topological polar surface area (TPSA) is 29.9 Å². The standard InChI is InChI=1S/C13H21N3/c1-2-4-12(5-3-1)16-10-14-8-13(16)9-15-11-6-7-11/h8,10-12,15H,1-7,9H2. The number of nitrogens with zero attached hydrogens (tertiary/aromatic N) is 2. The third-order valence-electron chi connectivity index (χ3n) is 3.86. The molecule has 0 saturated heterocycles. The Labute approximate surface area is 97.3 Å². The monoisotopic (exact) mass is 219 g/mol. The van der Waals surface area contributed by atoms with Gasteiger partial charge in [0.15, 0.2) is 0 Å². The molecule has 0 unspecified atom stereocenters. The summed E-state index contributed by atoms with van der Waals surface area (Å²) in [4.78, 5) is 4.32. The Hall–Kier alpha value is -0.830. The zero-order chi connectivity index (χ0) is 10.8. The highest BCUT2D eigenvalue weighted by Crippen LogP contribution is 2.29. The third-order valence-corrected chi connectivity index (χ3v) is 3.86. The lowest BCUT2D eigenvalue weighted by Gasteiger charge is -2.24. The van der Waals surface area contributed by atoms with Gasteiger partial charge in [0.1, 0.15) is 0 Å². The van der Waals surface area contributed by atoms with Crippen LogP contribution >= 0.6 is 0 Å². The quantitative estimate of drug-likeness (QED) is 0.843. The molecule has 0 bridgehead atoms. The van der Waals surface area contributed by atoms with Crippen LogP contribution in [0.1, 0.15) is 56.7 Å². The average molecular weight is 219 g/mol. The first-order chi connectivity index (χ1) is 7.93. The van der Waals surface area contributed by atoms with E-state index in [4.69, 9.17) is 0 Å². The molecular weight excluding hydrogens is 198 g/mol. The van der Waals surface area contributed by atoms with Gasteiger partial charge in [-0.25, -0.2) is 4.98 Å². The van der Waals surface area contributed by atoms with E-state index >= 15 is 0 Å². The van der Waals surface area contributed by atoms with Crippen molar-refractivity contribution in [2.45, 2.75) is 63.6 Å². The van der Waals surface area contributed by atoms with Crippen LogP contribution in [-0.2, 0) is 6.54 Å². The Morgan fingerprint density at radius 3 is 2.75 bits per heavy atom. The molecule has 0 spiro atoms. The smallest absolute Gasteiger partial charge is 0.0951 e. The van der Waals surface area contributed by atoms with Gasteiger partial charge in [0.25, 0.3) is 0 Å². The zero-order valence-corrected chi connectivity index (χ0v) is 9.86. The van der Waals surface area contributed by atoms with Gasteiger partial charge in [-0.2, -0.15) is 0 Å². The molecule has 0 aromatic carbocycles. The maximum absolute atomic E-state index is 4.32. The van der Waals surface area contributed by atoms with E-state index in [9.17, 15) is 0 Å². The summed E-state index contributed by atoms with van der Waals surface area (Å²) in [6, 6.07) is 1.50. The van der Waals surface area contributed by atoms with Gasteiger partial charge < -0.3 is 9.88 Å². The molecule has 2 saturated carbocycles. The number of imidazole rings is 1. The van der Waals surface area contributed by atoms with E-state index < -0.39 is 0 Å². The highest BCUT2D eigenvalue weighted by atomic mass is 15.1. The fourth-order valence-corrected chi connectivity index (χ4v) is 2.69. The van der Waals surface area contributed by atoms with Gasteiger partial charge in [0.2, 0.25) is 0 Å². The van der Waals surface area contributed by atoms with Gasteiger partial charge in [-0.15, -0.1) is 0 Å². The molecule has 0 aliphatic heterocycles. The summed E-state index contributed by atoms with van der Waals surface area (Å²) in [5.41, 5.74) is 1.37. The summed E-state index contributed by atoms with van der Waals surface area (Å²) < 4.78 is 2.41. The molecule has 88 valence electrons. The maximum Gasteiger partial charge on any atom is 0.0951 e. The van der Waals surface area contributed by atoms with Crippen molar-refractivity contribution < 1.29 is 0 Å². The van der Waals surface area contributed by atoms with E-state index in [-0.39, 0.29) is 0 Å². The number of hydrogen-bond acceptors (Lipinski definition) is 2. The number of rotatable bonds is 4. The summed E-state index contributed by atoms with van der Waals surface area (Å²) >= 11 is 0. The third kappa shape index (κ3) is 2.29. The van der Waals surface area contributed by atoms with Crippen molar-refractivity contribution in [3.8, 4) is 0 Å². The van der Waals surface area contributed by atoms with Gasteiger partial charge in [0, 0.05) is 24.8 Å². The molecule has 1 heterocycles. The summed E-state index contributed by atoms with van der Waals surface area (Å²) in [7, 11) is 0. The lowest BCUT2D eigenvalue weighted by Crippen LogP contribution is -2.21. The van der Waals surface area contributed by atoms with Crippen LogP contribution in [0.15, 0.2) is 12.5 Å². The van der Waals surface area contributed by atoms with Crippen molar-refractivity contribution >= 4 is 0 Å². The van der Waals surface area contributed by atoms with Crippen molar-refractivity contribution in [2.75, 3.05) is 0 Å². The Morgan fingerprint density at radius 1 is 1.19 bits per heavy atom. The van der Waals surface area contributed by atoms with Crippen LogP contribution in [0, 0.1) is 0 Å². The van der Waals surface area contributed by atoms with Crippen LogP contribution < -0.4 is 5.32 Å². The van der Waals surface area contributed by atoms with E-state index in [1.54, 1.807) is 0 Å². The highest BCUT2D eigenvalue weighted by Gasteiger charge is 2.22. The van der Waals surface area contributed by atoms with Gasteiger partial charge in [0.05, 0.1) is 12.0 Å². The number of aromatic nitrogens is 2. The summed E-state index contributed by atoms with van der Waals surface area (Å²) in [5, 5.41) is 3.58. The molecular formula is C13H21N3. The zero-order valence-electron chi connectivity index (χ0n) is 9.86. The summed E-state index contributed by atoms with van der Waals surface area (Å²) in [5.74, 6) is 0. The molecule has 0 radical (unpaired) electrons. The van der Waals surface area contributed by atoms with E-state index in [0.29, 0.717) is 6.04 Å². The molecule has 2 fully saturated rings. The number of nitrogens with one attached hydrogen (secondary N) is 1. The predicted octanol–water partition coefficient (Wildman–Crippen LogP) is 2.64. The minimum absolute atomic E-state index is 0.715. The fourth-order valence-electron chi connectivity index (χ4n) is 2.69. The molecule has 1 aromatic heterocycles. The van der Waals surface area contributed by atoms with E-state index in [1.807, 2.05) is 12.5 Å².